The summed E-state index contributed by atoms with van der Waals surface area (Å²) in [7, 11) is 0. The van der Waals surface area contributed by atoms with Crippen LogP contribution in [0.15, 0.2) is 0 Å². The van der Waals surface area contributed by atoms with Gasteiger partial charge in [0.05, 0.1) is 5.69 Å². The van der Waals surface area contributed by atoms with Gasteiger partial charge in [0.1, 0.15) is 5.69 Å². The van der Waals surface area contributed by atoms with Gasteiger partial charge in [0.25, 0.3) is 0 Å². The predicted molar refractivity (Wildman–Crippen MR) is 62.2 cm³/mol. The minimum absolute atomic E-state index is 0.281. The molecule has 1 aromatic heterocycles. The van der Waals surface area contributed by atoms with Crippen LogP contribution >= 0.6 is 0 Å². The van der Waals surface area contributed by atoms with Crippen LogP contribution in [0.1, 0.15) is 51.9 Å². The van der Waals surface area contributed by atoms with Gasteiger partial charge in [0, 0.05) is 12.5 Å². The van der Waals surface area contributed by atoms with Crippen molar-refractivity contribution < 1.29 is 5.11 Å². The topological polar surface area (TPSA) is 38.0 Å². The first-order valence-electron chi connectivity index (χ1n) is 5.75. The first-order chi connectivity index (χ1) is 6.97. The third-order valence-electron chi connectivity index (χ3n) is 2.50. The van der Waals surface area contributed by atoms with Crippen molar-refractivity contribution in [2.24, 2.45) is 5.92 Å². The second-order valence-corrected chi connectivity index (χ2v) is 4.75. The zero-order valence-electron chi connectivity index (χ0n) is 10.4. The number of aromatic hydroxyl groups is 1. The molecule has 3 nitrogen and oxygen atoms in total. The fourth-order valence-corrected chi connectivity index (χ4v) is 1.75. The summed E-state index contributed by atoms with van der Waals surface area (Å²) >= 11 is 0. The molecule has 1 heterocycles. The van der Waals surface area contributed by atoms with Crippen LogP contribution < -0.4 is 0 Å². The summed E-state index contributed by atoms with van der Waals surface area (Å²) in [5, 5.41) is 14.5. The second-order valence-electron chi connectivity index (χ2n) is 4.75. The molecule has 86 valence electrons. The highest BCUT2D eigenvalue weighted by Crippen LogP contribution is 2.29. The van der Waals surface area contributed by atoms with Crippen LogP contribution in [-0.4, -0.2) is 14.9 Å². The summed E-state index contributed by atoms with van der Waals surface area (Å²) in [5.74, 6) is 1.22. The summed E-state index contributed by atoms with van der Waals surface area (Å²) in [4.78, 5) is 0. The maximum absolute atomic E-state index is 10.1. The summed E-state index contributed by atoms with van der Waals surface area (Å²) in [6.07, 6.45) is 0.888. The molecule has 0 amide bonds. The predicted octanol–water partition coefficient (Wildman–Crippen LogP) is 2.93. The van der Waals surface area contributed by atoms with Crippen molar-refractivity contribution >= 4 is 0 Å². The minimum atomic E-state index is 0.281. The second kappa shape index (κ2) is 4.69. The molecule has 1 rings (SSSR count). The molecule has 0 radical (unpaired) electrons. The highest BCUT2D eigenvalue weighted by atomic mass is 16.3. The van der Waals surface area contributed by atoms with Crippen LogP contribution in [0.5, 0.6) is 5.75 Å². The minimum Gasteiger partial charge on any atom is -0.504 e. The maximum Gasteiger partial charge on any atom is 0.160 e. The molecule has 15 heavy (non-hydrogen) atoms. The van der Waals surface area contributed by atoms with Gasteiger partial charge in [-0.1, -0.05) is 27.7 Å². The number of aryl methyl sites for hydroxylation is 1. The van der Waals surface area contributed by atoms with Gasteiger partial charge in [-0.25, -0.2) is 0 Å². The van der Waals surface area contributed by atoms with E-state index in [2.05, 4.69) is 39.7 Å². The fourth-order valence-electron chi connectivity index (χ4n) is 1.75. The van der Waals surface area contributed by atoms with E-state index in [4.69, 9.17) is 0 Å². The lowest BCUT2D eigenvalue weighted by Crippen LogP contribution is -2.05. The zero-order chi connectivity index (χ0) is 11.6. The van der Waals surface area contributed by atoms with E-state index in [1.54, 1.807) is 0 Å². The van der Waals surface area contributed by atoms with Crippen molar-refractivity contribution in [3.8, 4) is 5.75 Å². The normalized spacial score (nSPS) is 11.7. The van der Waals surface area contributed by atoms with E-state index in [9.17, 15) is 5.11 Å². The Hall–Kier alpha value is -0.990. The van der Waals surface area contributed by atoms with E-state index in [1.807, 2.05) is 4.68 Å². The lowest BCUT2D eigenvalue weighted by atomic mass is 10.0. The van der Waals surface area contributed by atoms with Gasteiger partial charge in [0.2, 0.25) is 0 Å². The van der Waals surface area contributed by atoms with E-state index in [0.29, 0.717) is 11.7 Å². The van der Waals surface area contributed by atoms with Crippen LogP contribution in [0.3, 0.4) is 0 Å². The molecule has 0 aromatic carbocycles. The van der Waals surface area contributed by atoms with Gasteiger partial charge in [0.15, 0.2) is 5.75 Å². The summed E-state index contributed by atoms with van der Waals surface area (Å²) in [6.45, 7) is 11.3. The van der Waals surface area contributed by atoms with E-state index in [-0.39, 0.29) is 5.92 Å². The number of rotatable bonds is 4. The molecule has 0 aliphatic heterocycles. The van der Waals surface area contributed by atoms with E-state index >= 15 is 0 Å². The van der Waals surface area contributed by atoms with Crippen LogP contribution in [0, 0.1) is 5.92 Å². The smallest absolute Gasteiger partial charge is 0.160 e. The molecule has 0 unspecified atom stereocenters. The molecule has 1 aromatic rings. The SMILES string of the molecule is CCn1nc(C(C)C)c(O)c1CC(C)C. The molecule has 0 fully saturated rings. The lowest BCUT2D eigenvalue weighted by Gasteiger charge is -2.07. The van der Waals surface area contributed by atoms with E-state index in [0.717, 1.165) is 24.4 Å². The van der Waals surface area contributed by atoms with Crippen molar-refractivity contribution in [3.05, 3.63) is 11.4 Å². The van der Waals surface area contributed by atoms with Gasteiger partial charge in [-0.15, -0.1) is 0 Å². The summed E-state index contributed by atoms with van der Waals surface area (Å²) < 4.78 is 1.92. The van der Waals surface area contributed by atoms with Gasteiger partial charge in [-0.05, 0) is 19.3 Å². The van der Waals surface area contributed by atoms with Crippen LogP contribution in [-0.2, 0) is 13.0 Å². The Labute approximate surface area is 92.1 Å². The first-order valence-corrected chi connectivity index (χ1v) is 5.75. The largest absolute Gasteiger partial charge is 0.504 e. The monoisotopic (exact) mass is 210 g/mol. The van der Waals surface area contributed by atoms with E-state index < -0.39 is 0 Å². The highest BCUT2D eigenvalue weighted by molar-refractivity contribution is 5.34. The van der Waals surface area contributed by atoms with E-state index in [1.165, 1.54) is 0 Å². The Balaban J connectivity index is 3.11. The maximum atomic E-state index is 10.1. The van der Waals surface area contributed by atoms with Gasteiger partial charge >= 0.3 is 0 Å². The Morgan fingerprint density at radius 1 is 1.27 bits per heavy atom. The third-order valence-corrected chi connectivity index (χ3v) is 2.50. The Morgan fingerprint density at radius 3 is 2.27 bits per heavy atom. The molecular formula is C12H22N2O. The van der Waals surface area contributed by atoms with Crippen molar-refractivity contribution in [2.45, 2.75) is 53.5 Å². The summed E-state index contributed by atoms with van der Waals surface area (Å²) in [6, 6.07) is 0. The Bertz CT molecular complexity index is 327. The fraction of sp³-hybridized carbons (Fsp3) is 0.750. The quantitative estimate of drug-likeness (QED) is 0.829. The molecule has 0 aliphatic rings. The molecule has 0 atom stereocenters. The van der Waals surface area contributed by atoms with Gasteiger partial charge < -0.3 is 5.11 Å². The van der Waals surface area contributed by atoms with Crippen molar-refractivity contribution in [1.29, 1.82) is 0 Å². The zero-order valence-corrected chi connectivity index (χ0v) is 10.4. The number of hydrogen-bond acceptors (Lipinski definition) is 2. The number of aromatic nitrogens is 2. The Morgan fingerprint density at radius 2 is 1.87 bits per heavy atom. The van der Waals surface area contributed by atoms with Crippen molar-refractivity contribution in [2.75, 3.05) is 0 Å². The van der Waals surface area contributed by atoms with Gasteiger partial charge in [-0.3, -0.25) is 4.68 Å². The number of nitrogens with zero attached hydrogens (tertiary/aromatic N) is 2. The number of hydrogen-bond donors (Lipinski definition) is 1. The molecule has 0 saturated heterocycles. The molecule has 0 aliphatic carbocycles. The molecule has 3 heteroatoms. The standard InChI is InChI=1S/C12H22N2O/c1-6-14-10(7-8(2)3)12(15)11(13-14)9(4)5/h8-9,15H,6-7H2,1-5H3. The summed E-state index contributed by atoms with van der Waals surface area (Å²) in [5.41, 5.74) is 1.81. The molecular weight excluding hydrogens is 188 g/mol. The molecule has 1 N–H and O–H groups in total. The third kappa shape index (κ3) is 2.52. The molecule has 0 saturated carbocycles. The van der Waals surface area contributed by atoms with Crippen molar-refractivity contribution in [3.63, 3.8) is 0 Å². The average Bonchev–Trinajstić information content (AvgIpc) is 2.43. The first kappa shape index (κ1) is 12.1. The van der Waals surface area contributed by atoms with Gasteiger partial charge in [-0.2, -0.15) is 5.10 Å². The average molecular weight is 210 g/mol. The lowest BCUT2D eigenvalue weighted by molar-refractivity contribution is 0.448. The molecule has 0 bridgehead atoms. The highest BCUT2D eigenvalue weighted by Gasteiger charge is 2.18. The van der Waals surface area contributed by atoms with Crippen LogP contribution in [0.4, 0.5) is 0 Å². The van der Waals surface area contributed by atoms with Crippen LogP contribution in [0.25, 0.3) is 0 Å². The van der Waals surface area contributed by atoms with Crippen LogP contribution in [0.2, 0.25) is 0 Å². The molecule has 0 spiro atoms. The Kier molecular flexibility index (Phi) is 3.77. The van der Waals surface area contributed by atoms with Crippen molar-refractivity contribution in [1.82, 2.24) is 9.78 Å².